The molecule has 0 aliphatic heterocycles. The number of nitrogens with zero attached hydrogens (tertiary/aromatic N) is 2. The van der Waals surface area contributed by atoms with E-state index in [0.717, 1.165) is 5.56 Å². The molecule has 1 heterocycles. The van der Waals surface area contributed by atoms with E-state index >= 15 is 0 Å². The van der Waals surface area contributed by atoms with Crippen molar-refractivity contribution < 1.29 is 18.9 Å². The normalized spacial score (nSPS) is 10.6. The summed E-state index contributed by atoms with van der Waals surface area (Å²) in [4.78, 5) is 8.31. The Hall–Kier alpha value is -1.44. The summed E-state index contributed by atoms with van der Waals surface area (Å²) in [6.07, 6.45) is 1.72. The Bertz CT molecular complexity index is 377. The zero-order chi connectivity index (χ0) is 14.6. The molecule has 1 aromatic rings. The van der Waals surface area contributed by atoms with Gasteiger partial charge in [-0.1, -0.05) is 0 Å². The third kappa shape index (κ3) is 6.65. The lowest BCUT2D eigenvalue weighted by Gasteiger charge is -2.09. The number of aryl methyl sites for hydroxylation is 1. The lowest BCUT2D eigenvalue weighted by atomic mass is 10.4. The highest BCUT2D eigenvalue weighted by molar-refractivity contribution is 5.31. The summed E-state index contributed by atoms with van der Waals surface area (Å²) < 4.78 is 21.1. The van der Waals surface area contributed by atoms with Gasteiger partial charge in [-0.2, -0.15) is 4.98 Å². The highest BCUT2D eigenvalue weighted by atomic mass is 16.6. The van der Waals surface area contributed by atoms with Gasteiger partial charge in [0, 0.05) is 25.9 Å². The van der Waals surface area contributed by atoms with Gasteiger partial charge in [-0.25, -0.2) is 4.98 Å². The van der Waals surface area contributed by atoms with Gasteiger partial charge in [0.2, 0.25) is 11.8 Å². The summed E-state index contributed by atoms with van der Waals surface area (Å²) in [5.41, 5.74) is 0.895. The van der Waals surface area contributed by atoms with Gasteiger partial charge < -0.3 is 24.3 Å². The number of aromatic nitrogens is 2. The van der Waals surface area contributed by atoms with Gasteiger partial charge in [0.05, 0.1) is 33.0 Å². The number of hydrogen-bond donors (Lipinski definition) is 1. The molecule has 1 N–H and O–H groups in total. The maximum Gasteiger partial charge on any atom is 0.225 e. The Morgan fingerprint density at radius 1 is 1.05 bits per heavy atom. The molecular formula is C13H23N3O4. The fraction of sp³-hybridized carbons (Fsp3) is 0.692. The molecule has 1 rings (SSSR count). The Morgan fingerprint density at radius 2 is 1.70 bits per heavy atom. The standard InChI is InChI=1S/C13H23N3O4/c1-11-10-15-13(14-2)16-12(11)20-9-8-19-7-6-18-5-4-17-3/h10H,4-9H2,1-3H3,(H,14,15,16). The highest BCUT2D eigenvalue weighted by Crippen LogP contribution is 2.14. The highest BCUT2D eigenvalue weighted by Gasteiger charge is 2.03. The van der Waals surface area contributed by atoms with Gasteiger partial charge in [0.1, 0.15) is 6.61 Å². The molecule has 0 radical (unpaired) electrons. The molecule has 114 valence electrons. The molecule has 7 nitrogen and oxygen atoms in total. The van der Waals surface area contributed by atoms with Crippen LogP contribution in [0.3, 0.4) is 0 Å². The summed E-state index contributed by atoms with van der Waals surface area (Å²) in [5, 5.41) is 2.87. The van der Waals surface area contributed by atoms with Crippen LogP contribution in [0.4, 0.5) is 5.95 Å². The third-order valence-electron chi connectivity index (χ3n) is 2.42. The quantitative estimate of drug-likeness (QED) is 0.605. The number of nitrogens with one attached hydrogen (secondary N) is 1. The molecule has 0 atom stereocenters. The first-order valence-corrected chi connectivity index (χ1v) is 6.56. The molecule has 0 bridgehead atoms. The Morgan fingerprint density at radius 3 is 2.35 bits per heavy atom. The van der Waals surface area contributed by atoms with Crippen molar-refractivity contribution in [1.29, 1.82) is 0 Å². The lowest BCUT2D eigenvalue weighted by Crippen LogP contribution is -2.13. The lowest BCUT2D eigenvalue weighted by molar-refractivity contribution is 0.0176. The molecule has 7 heteroatoms. The molecule has 1 aromatic heterocycles. The molecule has 0 aromatic carbocycles. The number of rotatable bonds is 11. The molecule has 0 aliphatic carbocycles. The van der Waals surface area contributed by atoms with Crippen molar-refractivity contribution in [1.82, 2.24) is 9.97 Å². The minimum absolute atomic E-state index is 0.444. The number of methoxy groups -OCH3 is 1. The van der Waals surface area contributed by atoms with Gasteiger partial charge in [-0.05, 0) is 6.92 Å². The van der Waals surface area contributed by atoms with Gasteiger partial charge in [-0.3, -0.25) is 0 Å². The summed E-state index contributed by atoms with van der Waals surface area (Å²) in [6, 6.07) is 0. The molecule has 0 amide bonds. The number of anilines is 1. The van der Waals surface area contributed by atoms with Crippen LogP contribution in [0.15, 0.2) is 6.20 Å². The van der Waals surface area contributed by atoms with Gasteiger partial charge >= 0.3 is 0 Å². The largest absolute Gasteiger partial charge is 0.475 e. The van der Waals surface area contributed by atoms with Crippen molar-refractivity contribution in [3.8, 4) is 5.88 Å². The van der Waals surface area contributed by atoms with Crippen LogP contribution in [0.1, 0.15) is 5.56 Å². The van der Waals surface area contributed by atoms with Crippen molar-refractivity contribution in [2.75, 3.05) is 59.1 Å². The summed E-state index contributed by atoms with van der Waals surface area (Å²) in [5.74, 6) is 1.11. The predicted molar refractivity (Wildman–Crippen MR) is 75.3 cm³/mol. The van der Waals surface area contributed by atoms with E-state index in [4.69, 9.17) is 18.9 Å². The summed E-state index contributed by atoms with van der Waals surface area (Å²) in [6.45, 7) is 5.12. The molecule has 0 aliphatic rings. The Balaban J connectivity index is 2.09. The van der Waals surface area contributed by atoms with Gasteiger partial charge in [0.25, 0.3) is 0 Å². The van der Waals surface area contributed by atoms with E-state index in [1.165, 1.54) is 0 Å². The van der Waals surface area contributed by atoms with E-state index in [0.29, 0.717) is 51.5 Å². The van der Waals surface area contributed by atoms with E-state index in [2.05, 4.69) is 15.3 Å². The summed E-state index contributed by atoms with van der Waals surface area (Å²) >= 11 is 0. The van der Waals surface area contributed by atoms with Crippen LogP contribution in [0.25, 0.3) is 0 Å². The van der Waals surface area contributed by atoms with Crippen molar-refractivity contribution in [2.24, 2.45) is 0 Å². The van der Waals surface area contributed by atoms with Crippen molar-refractivity contribution in [3.63, 3.8) is 0 Å². The zero-order valence-corrected chi connectivity index (χ0v) is 12.3. The average molecular weight is 285 g/mol. The van der Waals surface area contributed by atoms with Crippen molar-refractivity contribution in [2.45, 2.75) is 6.92 Å². The van der Waals surface area contributed by atoms with Crippen LogP contribution in [-0.2, 0) is 14.2 Å². The molecular weight excluding hydrogens is 262 g/mol. The van der Waals surface area contributed by atoms with E-state index in [9.17, 15) is 0 Å². The van der Waals surface area contributed by atoms with Crippen LogP contribution in [0.5, 0.6) is 5.88 Å². The van der Waals surface area contributed by atoms with Gasteiger partial charge in [0.15, 0.2) is 0 Å². The molecule has 0 unspecified atom stereocenters. The van der Waals surface area contributed by atoms with E-state index < -0.39 is 0 Å². The fourth-order valence-electron chi connectivity index (χ4n) is 1.35. The Labute approximate surface area is 119 Å². The molecule has 0 spiro atoms. The van der Waals surface area contributed by atoms with Crippen LogP contribution < -0.4 is 10.1 Å². The fourth-order valence-corrected chi connectivity index (χ4v) is 1.35. The van der Waals surface area contributed by atoms with Crippen molar-refractivity contribution in [3.05, 3.63) is 11.8 Å². The molecule has 20 heavy (non-hydrogen) atoms. The minimum Gasteiger partial charge on any atom is -0.475 e. The number of ether oxygens (including phenoxy) is 4. The second-order valence-corrected chi connectivity index (χ2v) is 4.00. The molecule has 0 saturated heterocycles. The smallest absolute Gasteiger partial charge is 0.225 e. The van der Waals surface area contributed by atoms with Crippen molar-refractivity contribution >= 4 is 5.95 Å². The first-order chi connectivity index (χ1) is 9.77. The monoisotopic (exact) mass is 285 g/mol. The minimum atomic E-state index is 0.444. The maximum absolute atomic E-state index is 5.55. The first-order valence-electron chi connectivity index (χ1n) is 6.56. The third-order valence-corrected chi connectivity index (χ3v) is 2.42. The maximum atomic E-state index is 5.55. The molecule has 0 fully saturated rings. The topological polar surface area (TPSA) is 74.7 Å². The van der Waals surface area contributed by atoms with Crippen LogP contribution in [0, 0.1) is 6.92 Å². The second-order valence-electron chi connectivity index (χ2n) is 4.00. The van der Waals surface area contributed by atoms with Crippen LogP contribution in [0.2, 0.25) is 0 Å². The number of hydrogen-bond acceptors (Lipinski definition) is 7. The SMILES string of the molecule is CNc1ncc(C)c(OCCOCCOCCOC)n1. The van der Waals surface area contributed by atoms with Crippen LogP contribution in [-0.4, -0.2) is 63.8 Å². The summed E-state index contributed by atoms with van der Waals surface area (Å²) in [7, 11) is 3.41. The predicted octanol–water partition coefficient (Wildman–Crippen LogP) is 0.885. The second kappa shape index (κ2) is 10.4. The first kappa shape index (κ1) is 16.6. The van der Waals surface area contributed by atoms with Crippen LogP contribution >= 0.6 is 0 Å². The van der Waals surface area contributed by atoms with Gasteiger partial charge in [-0.15, -0.1) is 0 Å². The van der Waals surface area contributed by atoms with E-state index in [-0.39, 0.29) is 0 Å². The average Bonchev–Trinajstić information content (AvgIpc) is 2.47. The van der Waals surface area contributed by atoms with E-state index in [1.807, 2.05) is 6.92 Å². The molecule has 0 saturated carbocycles. The zero-order valence-electron chi connectivity index (χ0n) is 12.3. The Kier molecular flexibility index (Phi) is 8.61. The van der Waals surface area contributed by atoms with E-state index in [1.54, 1.807) is 20.4 Å².